The van der Waals surface area contributed by atoms with Crippen molar-refractivity contribution in [1.29, 1.82) is 0 Å². The molecule has 0 saturated carbocycles. The third-order valence-electron chi connectivity index (χ3n) is 11.1. The number of unbranched alkanes of at least 4 members (excludes halogenated alkanes) is 30. The molecule has 57 heavy (non-hydrogen) atoms. The predicted octanol–water partition coefficient (Wildman–Crippen LogP) is 14.5. The Morgan fingerprint density at radius 2 is 0.842 bits per heavy atom. The first-order chi connectivity index (χ1) is 28.0. The van der Waals surface area contributed by atoms with Gasteiger partial charge in [0, 0.05) is 12.8 Å². The lowest BCUT2D eigenvalue weighted by Crippen LogP contribution is -2.45. The van der Waals surface area contributed by atoms with Gasteiger partial charge < -0.3 is 20.3 Å². The van der Waals surface area contributed by atoms with Crippen molar-refractivity contribution >= 4 is 11.9 Å². The number of allylic oxidation sites excluding steroid dienone is 5. The summed E-state index contributed by atoms with van der Waals surface area (Å²) in [5.41, 5.74) is 0. The van der Waals surface area contributed by atoms with Gasteiger partial charge in [-0.2, -0.15) is 0 Å². The molecule has 0 aliphatic carbocycles. The summed E-state index contributed by atoms with van der Waals surface area (Å²) in [5, 5.41) is 23.1. The summed E-state index contributed by atoms with van der Waals surface area (Å²) in [6.45, 7) is 4.78. The molecule has 0 aromatic carbocycles. The van der Waals surface area contributed by atoms with Crippen LogP contribution in [-0.4, -0.2) is 47.4 Å². The molecule has 6 nitrogen and oxygen atoms in total. The number of carbonyl (C=O) groups is 2. The third kappa shape index (κ3) is 43.5. The minimum absolute atomic E-state index is 0.0446. The molecule has 0 aromatic rings. The van der Waals surface area contributed by atoms with E-state index in [-0.39, 0.29) is 18.5 Å². The number of carbonyl (C=O) groups excluding carboxylic acids is 2. The highest BCUT2D eigenvalue weighted by Crippen LogP contribution is 2.15. The Bertz CT molecular complexity index is 931. The highest BCUT2D eigenvalue weighted by Gasteiger charge is 2.18. The van der Waals surface area contributed by atoms with E-state index < -0.39 is 12.1 Å². The predicted molar refractivity (Wildman–Crippen MR) is 246 cm³/mol. The van der Waals surface area contributed by atoms with Crippen molar-refractivity contribution in [1.82, 2.24) is 5.32 Å². The molecule has 0 spiro atoms. The lowest BCUT2D eigenvalue weighted by molar-refractivity contribution is -0.143. The van der Waals surface area contributed by atoms with Crippen molar-refractivity contribution in [3.8, 4) is 0 Å². The number of esters is 1. The zero-order chi connectivity index (χ0) is 41.5. The molecule has 1 amide bonds. The maximum atomic E-state index is 12.4. The Balaban J connectivity index is 3.58. The molecule has 0 bridgehead atoms. The minimum atomic E-state index is -0.863. The second-order valence-corrected chi connectivity index (χ2v) is 16.8. The van der Waals surface area contributed by atoms with Crippen LogP contribution in [0.15, 0.2) is 36.5 Å². The molecule has 0 heterocycles. The number of aliphatic hydroxyl groups is 2. The Morgan fingerprint density at radius 1 is 0.474 bits per heavy atom. The molecule has 334 valence electrons. The molecule has 0 aromatic heterocycles. The van der Waals surface area contributed by atoms with Crippen LogP contribution in [0.2, 0.25) is 0 Å². The maximum Gasteiger partial charge on any atom is 0.305 e. The Labute approximate surface area is 353 Å². The van der Waals surface area contributed by atoms with E-state index in [4.69, 9.17) is 4.74 Å². The van der Waals surface area contributed by atoms with Gasteiger partial charge in [0.1, 0.15) is 0 Å². The van der Waals surface area contributed by atoms with Gasteiger partial charge in [-0.25, -0.2) is 0 Å². The quantitative estimate of drug-likeness (QED) is 0.0324. The van der Waals surface area contributed by atoms with Gasteiger partial charge in [-0.15, -0.1) is 0 Å². The molecule has 6 heteroatoms. The van der Waals surface area contributed by atoms with Crippen molar-refractivity contribution in [2.45, 2.75) is 264 Å². The fourth-order valence-corrected chi connectivity index (χ4v) is 7.25. The zero-order valence-corrected chi connectivity index (χ0v) is 37.8. The Morgan fingerprint density at radius 3 is 1.30 bits per heavy atom. The van der Waals surface area contributed by atoms with Crippen LogP contribution < -0.4 is 5.32 Å². The maximum absolute atomic E-state index is 12.4. The molecule has 2 atom stereocenters. The van der Waals surface area contributed by atoms with E-state index in [1.54, 1.807) is 6.08 Å². The van der Waals surface area contributed by atoms with Gasteiger partial charge in [-0.05, 0) is 77.0 Å². The number of ether oxygens (including phenoxy) is 1. The molecule has 2 unspecified atom stereocenters. The number of amides is 1. The monoisotopic (exact) mass is 802 g/mol. The van der Waals surface area contributed by atoms with E-state index in [1.807, 2.05) is 6.08 Å². The lowest BCUT2D eigenvalue weighted by Gasteiger charge is -2.20. The zero-order valence-electron chi connectivity index (χ0n) is 37.8. The van der Waals surface area contributed by atoms with Crippen LogP contribution in [0, 0.1) is 0 Å². The molecule has 0 aliphatic rings. The number of nitrogens with one attached hydrogen (secondary N) is 1. The van der Waals surface area contributed by atoms with E-state index >= 15 is 0 Å². The summed E-state index contributed by atoms with van der Waals surface area (Å²) in [6, 6.07) is -0.649. The fraction of sp³-hybridized carbons (Fsp3) is 0.843. The van der Waals surface area contributed by atoms with Gasteiger partial charge in [-0.1, -0.05) is 198 Å². The highest BCUT2D eigenvalue weighted by molar-refractivity contribution is 5.76. The number of hydrogen-bond donors (Lipinski definition) is 3. The van der Waals surface area contributed by atoms with Gasteiger partial charge in [0.05, 0.1) is 25.4 Å². The molecule has 0 fully saturated rings. The van der Waals surface area contributed by atoms with Crippen molar-refractivity contribution in [2.24, 2.45) is 0 Å². The van der Waals surface area contributed by atoms with Crippen LogP contribution in [-0.2, 0) is 14.3 Å². The summed E-state index contributed by atoms with van der Waals surface area (Å²) in [7, 11) is 0. The minimum Gasteiger partial charge on any atom is -0.466 e. The number of hydrogen-bond acceptors (Lipinski definition) is 5. The van der Waals surface area contributed by atoms with E-state index in [0.29, 0.717) is 19.4 Å². The normalized spacial score (nSPS) is 13.0. The van der Waals surface area contributed by atoms with E-state index in [9.17, 15) is 19.8 Å². The summed E-state index contributed by atoms with van der Waals surface area (Å²) in [4.78, 5) is 24.4. The van der Waals surface area contributed by atoms with E-state index in [2.05, 4.69) is 43.5 Å². The standard InChI is InChI=1S/C51H95NO5/c1-3-5-7-9-11-13-15-16-17-18-19-20-21-24-27-31-35-39-43-49(54)48(47-53)52-50(55)44-40-36-32-28-25-22-26-30-34-38-42-46-57-51(56)45-41-37-33-29-23-14-12-10-8-6-4-2/h10,12,26,30,39,43,48-49,53-54H,3-9,11,13-25,27-29,31-38,40-42,44-47H2,1-2H3,(H,52,55)/b12-10-,30-26-,43-39+. The molecule has 0 radical (unpaired) electrons. The van der Waals surface area contributed by atoms with Crippen LogP contribution in [0.5, 0.6) is 0 Å². The van der Waals surface area contributed by atoms with Gasteiger partial charge in [0.15, 0.2) is 0 Å². The van der Waals surface area contributed by atoms with Crippen LogP contribution >= 0.6 is 0 Å². The van der Waals surface area contributed by atoms with Crippen molar-refractivity contribution < 1.29 is 24.5 Å². The van der Waals surface area contributed by atoms with Gasteiger partial charge in [0.25, 0.3) is 0 Å². The lowest BCUT2D eigenvalue weighted by atomic mass is 10.0. The summed E-state index contributed by atoms with van der Waals surface area (Å²) in [5.74, 6) is -0.142. The van der Waals surface area contributed by atoms with Crippen LogP contribution in [0.1, 0.15) is 251 Å². The number of rotatable bonds is 45. The number of aliphatic hydroxyl groups excluding tert-OH is 2. The fourth-order valence-electron chi connectivity index (χ4n) is 7.25. The SMILES string of the molecule is CCCC/C=C\CCCCCCCC(=O)OCCCC/C=C\CCCCCCCC(=O)NC(CO)C(O)/C=C/CCCCCCCCCCCCCCCCCC. The van der Waals surface area contributed by atoms with Gasteiger partial charge >= 0.3 is 5.97 Å². The second-order valence-electron chi connectivity index (χ2n) is 16.8. The van der Waals surface area contributed by atoms with E-state index in [0.717, 1.165) is 83.5 Å². The van der Waals surface area contributed by atoms with Gasteiger partial charge in [0.2, 0.25) is 5.91 Å². The highest BCUT2D eigenvalue weighted by atomic mass is 16.5. The summed E-state index contributed by atoms with van der Waals surface area (Å²) >= 11 is 0. The molecule has 0 saturated heterocycles. The van der Waals surface area contributed by atoms with Gasteiger partial charge in [-0.3, -0.25) is 9.59 Å². The van der Waals surface area contributed by atoms with Crippen LogP contribution in [0.3, 0.4) is 0 Å². The molecule has 0 rings (SSSR count). The van der Waals surface area contributed by atoms with Crippen LogP contribution in [0.4, 0.5) is 0 Å². The first-order valence-electron chi connectivity index (χ1n) is 24.8. The Kier molecular flexibility index (Phi) is 45.2. The first-order valence-corrected chi connectivity index (χ1v) is 24.8. The summed E-state index contributed by atoms with van der Waals surface area (Å²) < 4.78 is 5.40. The molecular weight excluding hydrogens is 707 g/mol. The average molecular weight is 802 g/mol. The smallest absolute Gasteiger partial charge is 0.305 e. The van der Waals surface area contributed by atoms with E-state index in [1.165, 1.54) is 141 Å². The van der Waals surface area contributed by atoms with Crippen LogP contribution in [0.25, 0.3) is 0 Å². The second kappa shape index (κ2) is 46.8. The Hall–Kier alpha value is -1.92. The first kappa shape index (κ1) is 55.1. The third-order valence-corrected chi connectivity index (χ3v) is 11.1. The topological polar surface area (TPSA) is 95.9 Å². The largest absolute Gasteiger partial charge is 0.466 e. The van der Waals surface area contributed by atoms with Crippen molar-refractivity contribution in [2.75, 3.05) is 13.2 Å². The molecule has 0 aliphatic heterocycles. The molecule has 3 N–H and O–H groups in total. The van der Waals surface area contributed by atoms with Crippen molar-refractivity contribution in [3.05, 3.63) is 36.5 Å². The summed E-state index contributed by atoms with van der Waals surface area (Å²) in [6.07, 6.45) is 55.7. The van der Waals surface area contributed by atoms with Crippen molar-refractivity contribution in [3.63, 3.8) is 0 Å². The molecular formula is C51H95NO5. The average Bonchev–Trinajstić information content (AvgIpc) is 3.21.